The van der Waals surface area contributed by atoms with Crippen LogP contribution in [0.1, 0.15) is 38.3 Å². The van der Waals surface area contributed by atoms with Crippen molar-refractivity contribution in [2.45, 2.75) is 32.6 Å². The molecule has 0 bridgehead atoms. The van der Waals surface area contributed by atoms with E-state index in [0.29, 0.717) is 5.92 Å². The average molecular weight is 334 g/mol. The highest BCUT2D eigenvalue weighted by molar-refractivity contribution is 5.65. The number of nitrogens with zero attached hydrogens (tertiary/aromatic N) is 4. The van der Waals surface area contributed by atoms with Crippen molar-refractivity contribution in [1.29, 1.82) is 0 Å². The molecule has 0 radical (unpaired) electrons. The Labute approximate surface area is 147 Å². The Kier molecular flexibility index (Phi) is 4.22. The lowest BCUT2D eigenvalue weighted by Crippen LogP contribution is -2.21. The van der Waals surface area contributed by atoms with E-state index in [2.05, 4.69) is 23.9 Å². The Bertz CT molecular complexity index is 851. The molecule has 3 heterocycles. The molecule has 4 rings (SSSR count). The predicted molar refractivity (Wildman–Crippen MR) is 98.5 cm³/mol. The zero-order chi connectivity index (χ0) is 17.2. The maximum absolute atomic E-state index is 5.55. The van der Waals surface area contributed by atoms with Crippen LogP contribution in [0, 0.1) is 0 Å². The Hall–Kier alpha value is -2.69. The minimum Gasteiger partial charge on any atom is -0.356 e. The van der Waals surface area contributed by atoms with Crippen molar-refractivity contribution in [2.24, 2.45) is 0 Å². The SMILES string of the molecule is CC(C)c1cc(-c2cc(-c3ccccc3)on2)nc(N2CCCC2)n1. The molecule has 128 valence electrons. The van der Waals surface area contributed by atoms with E-state index in [0.717, 1.165) is 47.4 Å². The van der Waals surface area contributed by atoms with Gasteiger partial charge in [-0.25, -0.2) is 9.97 Å². The molecule has 0 unspecified atom stereocenters. The lowest BCUT2D eigenvalue weighted by Gasteiger charge is -2.17. The molecule has 1 aromatic carbocycles. The van der Waals surface area contributed by atoms with Gasteiger partial charge in [0.05, 0.1) is 5.69 Å². The number of hydrogen-bond donors (Lipinski definition) is 0. The molecule has 1 fully saturated rings. The Morgan fingerprint density at radius 3 is 2.44 bits per heavy atom. The molecule has 0 spiro atoms. The Balaban J connectivity index is 1.73. The first-order valence-electron chi connectivity index (χ1n) is 8.87. The highest BCUT2D eigenvalue weighted by Crippen LogP contribution is 2.28. The molecule has 0 atom stereocenters. The van der Waals surface area contributed by atoms with Crippen LogP contribution < -0.4 is 4.90 Å². The van der Waals surface area contributed by atoms with Crippen LogP contribution >= 0.6 is 0 Å². The van der Waals surface area contributed by atoms with Crippen molar-refractivity contribution in [3.8, 4) is 22.7 Å². The quantitative estimate of drug-likeness (QED) is 0.702. The van der Waals surface area contributed by atoms with E-state index < -0.39 is 0 Å². The minimum absolute atomic E-state index is 0.337. The molecule has 5 heteroatoms. The number of anilines is 1. The first-order chi connectivity index (χ1) is 12.2. The van der Waals surface area contributed by atoms with Gasteiger partial charge in [-0.2, -0.15) is 0 Å². The summed E-state index contributed by atoms with van der Waals surface area (Å²) in [5.41, 5.74) is 3.63. The van der Waals surface area contributed by atoms with Gasteiger partial charge in [-0.3, -0.25) is 0 Å². The number of rotatable bonds is 4. The number of aromatic nitrogens is 3. The molecule has 3 aromatic rings. The van der Waals surface area contributed by atoms with Crippen molar-refractivity contribution in [3.63, 3.8) is 0 Å². The van der Waals surface area contributed by atoms with Crippen molar-refractivity contribution < 1.29 is 4.52 Å². The van der Waals surface area contributed by atoms with E-state index in [1.165, 1.54) is 12.8 Å². The second kappa shape index (κ2) is 6.67. The first-order valence-corrected chi connectivity index (χ1v) is 8.87. The monoisotopic (exact) mass is 334 g/mol. The summed E-state index contributed by atoms with van der Waals surface area (Å²) >= 11 is 0. The van der Waals surface area contributed by atoms with Crippen molar-refractivity contribution >= 4 is 5.95 Å². The molecular formula is C20H22N4O. The molecule has 0 aliphatic carbocycles. The minimum atomic E-state index is 0.337. The summed E-state index contributed by atoms with van der Waals surface area (Å²) in [7, 11) is 0. The van der Waals surface area contributed by atoms with Gasteiger partial charge in [0.1, 0.15) is 5.69 Å². The Morgan fingerprint density at radius 2 is 1.72 bits per heavy atom. The molecular weight excluding hydrogens is 312 g/mol. The van der Waals surface area contributed by atoms with Crippen LogP contribution in [0.25, 0.3) is 22.7 Å². The third-order valence-electron chi connectivity index (χ3n) is 4.55. The molecule has 0 saturated carbocycles. The first kappa shape index (κ1) is 15.8. The lowest BCUT2D eigenvalue weighted by atomic mass is 10.1. The summed E-state index contributed by atoms with van der Waals surface area (Å²) in [6, 6.07) is 14.0. The topological polar surface area (TPSA) is 55.1 Å². The molecule has 1 aliphatic rings. The van der Waals surface area contributed by atoms with E-state index in [9.17, 15) is 0 Å². The van der Waals surface area contributed by atoms with Crippen molar-refractivity contribution in [3.05, 3.63) is 48.2 Å². The van der Waals surface area contributed by atoms with Gasteiger partial charge in [0, 0.05) is 30.4 Å². The summed E-state index contributed by atoms with van der Waals surface area (Å²) in [6.07, 6.45) is 2.40. The zero-order valence-corrected chi connectivity index (χ0v) is 14.6. The standard InChI is InChI=1S/C20H22N4O/c1-14(2)16-12-17(22-20(21-16)24-10-6-7-11-24)18-13-19(25-23-18)15-8-4-3-5-9-15/h3-5,8-9,12-14H,6-7,10-11H2,1-2H3. The van der Waals surface area contributed by atoms with Crippen LogP contribution in [0.2, 0.25) is 0 Å². The molecule has 25 heavy (non-hydrogen) atoms. The largest absolute Gasteiger partial charge is 0.356 e. The molecule has 0 N–H and O–H groups in total. The summed E-state index contributed by atoms with van der Waals surface area (Å²) < 4.78 is 5.55. The second-order valence-corrected chi connectivity index (χ2v) is 6.77. The zero-order valence-electron chi connectivity index (χ0n) is 14.6. The summed E-state index contributed by atoms with van der Waals surface area (Å²) in [4.78, 5) is 11.8. The Morgan fingerprint density at radius 1 is 0.960 bits per heavy atom. The number of benzene rings is 1. The van der Waals surface area contributed by atoms with Gasteiger partial charge in [-0.1, -0.05) is 49.3 Å². The van der Waals surface area contributed by atoms with Gasteiger partial charge >= 0.3 is 0 Å². The fourth-order valence-electron chi connectivity index (χ4n) is 3.07. The van der Waals surface area contributed by atoms with E-state index >= 15 is 0 Å². The third-order valence-corrected chi connectivity index (χ3v) is 4.55. The lowest BCUT2D eigenvalue weighted by molar-refractivity contribution is 0.434. The highest BCUT2D eigenvalue weighted by Gasteiger charge is 2.19. The molecule has 5 nitrogen and oxygen atoms in total. The van der Waals surface area contributed by atoms with Crippen LogP contribution in [-0.2, 0) is 0 Å². The van der Waals surface area contributed by atoms with Gasteiger partial charge in [0.25, 0.3) is 0 Å². The predicted octanol–water partition coefficient (Wildman–Crippen LogP) is 4.52. The van der Waals surface area contributed by atoms with E-state index in [1.807, 2.05) is 42.5 Å². The summed E-state index contributed by atoms with van der Waals surface area (Å²) in [5, 5.41) is 4.25. The van der Waals surface area contributed by atoms with E-state index in [-0.39, 0.29) is 0 Å². The van der Waals surface area contributed by atoms with Crippen LogP contribution in [0.15, 0.2) is 47.0 Å². The van der Waals surface area contributed by atoms with E-state index in [4.69, 9.17) is 14.5 Å². The fourth-order valence-corrected chi connectivity index (χ4v) is 3.07. The van der Waals surface area contributed by atoms with Gasteiger partial charge < -0.3 is 9.42 Å². The second-order valence-electron chi connectivity index (χ2n) is 6.77. The summed E-state index contributed by atoms with van der Waals surface area (Å²) in [5.74, 6) is 1.90. The average Bonchev–Trinajstić information content (AvgIpc) is 3.34. The maximum atomic E-state index is 5.55. The smallest absolute Gasteiger partial charge is 0.226 e. The van der Waals surface area contributed by atoms with Gasteiger partial charge in [0.2, 0.25) is 5.95 Å². The van der Waals surface area contributed by atoms with Gasteiger partial charge in [-0.15, -0.1) is 0 Å². The molecule has 1 saturated heterocycles. The summed E-state index contributed by atoms with van der Waals surface area (Å²) in [6.45, 7) is 6.35. The highest BCUT2D eigenvalue weighted by atomic mass is 16.5. The van der Waals surface area contributed by atoms with E-state index in [1.54, 1.807) is 0 Å². The third kappa shape index (κ3) is 3.27. The van der Waals surface area contributed by atoms with Gasteiger partial charge in [0.15, 0.2) is 5.76 Å². The molecule has 2 aromatic heterocycles. The molecule has 1 aliphatic heterocycles. The van der Waals surface area contributed by atoms with Crippen LogP contribution in [0.4, 0.5) is 5.95 Å². The van der Waals surface area contributed by atoms with Crippen molar-refractivity contribution in [2.75, 3.05) is 18.0 Å². The molecule has 0 amide bonds. The van der Waals surface area contributed by atoms with Crippen LogP contribution in [-0.4, -0.2) is 28.2 Å². The van der Waals surface area contributed by atoms with Crippen LogP contribution in [0.3, 0.4) is 0 Å². The fraction of sp³-hybridized carbons (Fsp3) is 0.350. The van der Waals surface area contributed by atoms with Crippen molar-refractivity contribution in [1.82, 2.24) is 15.1 Å². The normalized spacial score (nSPS) is 14.4. The van der Waals surface area contributed by atoms with Crippen LogP contribution in [0.5, 0.6) is 0 Å². The number of hydrogen-bond acceptors (Lipinski definition) is 5. The van der Waals surface area contributed by atoms with Gasteiger partial charge in [-0.05, 0) is 24.8 Å². The maximum Gasteiger partial charge on any atom is 0.226 e.